The van der Waals surface area contributed by atoms with Crippen molar-refractivity contribution in [3.8, 4) is 0 Å². The molecular weight excluding hydrogens is 252 g/mol. The van der Waals surface area contributed by atoms with Crippen molar-refractivity contribution in [1.82, 2.24) is 20.2 Å². The van der Waals surface area contributed by atoms with Gasteiger partial charge < -0.3 is 15.3 Å². The monoisotopic (exact) mass is 264 g/mol. The number of aromatic nitrogens is 2. The van der Waals surface area contributed by atoms with Crippen LogP contribution in [0.4, 0.5) is 0 Å². The Kier molecular flexibility index (Phi) is 3.69. The second kappa shape index (κ2) is 5.42. The van der Waals surface area contributed by atoms with E-state index >= 15 is 0 Å². The van der Waals surface area contributed by atoms with Gasteiger partial charge in [-0.05, 0) is 0 Å². The van der Waals surface area contributed by atoms with Crippen molar-refractivity contribution >= 4 is 17.8 Å². The summed E-state index contributed by atoms with van der Waals surface area (Å²) in [6, 6.07) is -1.00. The van der Waals surface area contributed by atoms with Crippen molar-refractivity contribution in [3.63, 3.8) is 0 Å². The number of nitrogens with zero attached hydrogens (tertiary/aromatic N) is 3. The van der Waals surface area contributed by atoms with E-state index in [2.05, 4.69) is 15.3 Å². The van der Waals surface area contributed by atoms with Gasteiger partial charge in [0.25, 0.3) is 5.91 Å². The zero-order valence-corrected chi connectivity index (χ0v) is 9.94. The van der Waals surface area contributed by atoms with E-state index in [1.807, 2.05) is 0 Å². The molecule has 0 aliphatic carbocycles. The number of carbonyl (C=O) groups is 3. The van der Waals surface area contributed by atoms with E-state index in [9.17, 15) is 14.4 Å². The standard InChI is InChI=1S/C11H12N4O4/c16-9(17)3-8-10(18)14-1-2-15(8)11(19)7-4-12-6-13-5-7/h4-6,8H,1-3H2,(H,14,18)(H,16,17). The van der Waals surface area contributed by atoms with Gasteiger partial charge in [0.05, 0.1) is 12.0 Å². The number of rotatable bonds is 3. The van der Waals surface area contributed by atoms with Crippen LogP contribution in [0.15, 0.2) is 18.7 Å². The van der Waals surface area contributed by atoms with Gasteiger partial charge in [0.15, 0.2) is 0 Å². The van der Waals surface area contributed by atoms with Crippen molar-refractivity contribution in [1.29, 1.82) is 0 Å². The normalized spacial score (nSPS) is 18.8. The second-order valence-corrected chi connectivity index (χ2v) is 4.03. The molecule has 1 aromatic rings. The molecule has 19 heavy (non-hydrogen) atoms. The lowest BCUT2D eigenvalue weighted by Crippen LogP contribution is -2.57. The third-order valence-corrected chi connectivity index (χ3v) is 2.77. The molecule has 2 heterocycles. The summed E-state index contributed by atoms with van der Waals surface area (Å²) in [5.74, 6) is -2.04. The predicted molar refractivity (Wildman–Crippen MR) is 62.1 cm³/mol. The van der Waals surface area contributed by atoms with Crippen molar-refractivity contribution in [2.45, 2.75) is 12.5 Å². The molecular formula is C11H12N4O4. The maximum Gasteiger partial charge on any atom is 0.305 e. The summed E-state index contributed by atoms with van der Waals surface area (Å²) >= 11 is 0. The fraction of sp³-hybridized carbons (Fsp3) is 0.364. The first-order valence-corrected chi connectivity index (χ1v) is 5.65. The van der Waals surface area contributed by atoms with Crippen molar-refractivity contribution < 1.29 is 19.5 Å². The highest BCUT2D eigenvalue weighted by molar-refractivity contribution is 5.98. The van der Waals surface area contributed by atoms with Crippen LogP contribution in [0.1, 0.15) is 16.8 Å². The Hall–Kier alpha value is -2.51. The Morgan fingerprint density at radius 3 is 2.74 bits per heavy atom. The highest BCUT2D eigenvalue weighted by Gasteiger charge is 2.35. The lowest BCUT2D eigenvalue weighted by atomic mass is 10.1. The second-order valence-electron chi connectivity index (χ2n) is 4.03. The van der Waals surface area contributed by atoms with Gasteiger partial charge in [0.2, 0.25) is 5.91 Å². The first-order chi connectivity index (χ1) is 9.09. The zero-order valence-electron chi connectivity index (χ0n) is 9.94. The summed E-state index contributed by atoms with van der Waals surface area (Å²) < 4.78 is 0. The van der Waals surface area contributed by atoms with Crippen LogP contribution in [0, 0.1) is 0 Å². The number of hydrogen-bond acceptors (Lipinski definition) is 5. The SMILES string of the molecule is O=C(O)CC1C(=O)NCCN1C(=O)c1cncnc1. The minimum Gasteiger partial charge on any atom is -0.481 e. The van der Waals surface area contributed by atoms with Gasteiger partial charge in [0.1, 0.15) is 12.4 Å². The minimum atomic E-state index is -1.14. The molecule has 1 aromatic heterocycles. The van der Waals surface area contributed by atoms with Crippen LogP contribution in [0.3, 0.4) is 0 Å². The van der Waals surface area contributed by atoms with Crippen LogP contribution in [0.5, 0.6) is 0 Å². The van der Waals surface area contributed by atoms with Crippen LogP contribution in [-0.2, 0) is 9.59 Å². The molecule has 1 fully saturated rings. The first kappa shape index (κ1) is 12.9. The molecule has 8 nitrogen and oxygen atoms in total. The molecule has 0 saturated carbocycles. The lowest BCUT2D eigenvalue weighted by Gasteiger charge is -2.34. The molecule has 0 spiro atoms. The van der Waals surface area contributed by atoms with Gasteiger partial charge in [0, 0.05) is 25.5 Å². The van der Waals surface area contributed by atoms with Crippen molar-refractivity contribution in [2.24, 2.45) is 0 Å². The lowest BCUT2D eigenvalue weighted by molar-refractivity contribution is -0.142. The topological polar surface area (TPSA) is 112 Å². The van der Waals surface area contributed by atoms with Gasteiger partial charge in [-0.3, -0.25) is 14.4 Å². The number of carbonyl (C=O) groups excluding carboxylic acids is 2. The maximum atomic E-state index is 12.2. The summed E-state index contributed by atoms with van der Waals surface area (Å²) in [5, 5.41) is 11.4. The first-order valence-electron chi connectivity index (χ1n) is 5.65. The molecule has 0 aromatic carbocycles. The summed E-state index contributed by atoms with van der Waals surface area (Å²) in [4.78, 5) is 43.4. The van der Waals surface area contributed by atoms with E-state index in [4.69, 9.17) is 5.11 Å². The molecule has 0 radical (unpaired) electrons. The number of piperazine rings is 1. The van der Waals surface area contributed by atoms with Crippen molar-refractivity contribution in [3.05, 3.63) is 24.3 Å². The van der Waals surface area contributed by atoms with E-state index in [0.29, 0.717) is 6.54 Å². The highest BCUT2D eigenvalue weighted by atomic mass is 16.4. The average molecular weight is 264 g/mol. The predicted octanol–water partition coefficient (Wildman–Crippen LogP) is -1.11. The fourth-order valence-electron chi connectivity index (χ4n) is 1.90. The Balaban J connectivity index is 2.22. The Labute approximate surface area is 108 Å². The van der Waals surface area contributed by atoms with Gasteiger partial charge in [-0.2, -0.15) is 0 Å². The number of carboxylic acid groups (broad SMARTS) is 1. The Morgan fingerprint density at radius 1 is 1.42 bits per heavy atom. The summed E-state index contributed by atoms with van der Waals surface area (Å²) in [7, 11) is 0. The van der Waals surface area contributed by atoms with Crippen molar-refractivity contribution in [2.75, 3.05) is 13.1 Å². The van der Waals surface area contributed by atoms with E-state index < -0.39 is 30.2 Å². The van der Waals surface area contributed by atoms with Crippen LogP contribution < -0.4 is 5.32 Å². The van der Waals surface area contributed by atoms with Gasteiger partial charge in [-0.25, -0.2) is 9.97 Å². The third-order valence-electron chi connectivity index (χ3n) is 2.77. The van der Waals surface area contributed by atoms with Crippen LogP contribution in [0.25, 0.3) is 0 Å². The van der Waals surface area contributed by atoms with Gasteiger partial charge >= 0.3 is 5.97 Å². The molecule has 2 rings (SSSR count). The summed E-state index contributed by atoms with van der Waals surface area (Å²) in [6.45, 7) is 0.561. The van der Waals surface area contributed by atoms with Gasteiger partial charge in [-0.15, -0.1) is 0 Å². The Morgan fingerprint density at radius 2 is 2.11 bits per heavy atom. The van der Waals surface area contributed by atoms with E-state index in [1.54, 1.807) is 0 Å². The highest BCUT2D eigenvalue weighted by Crippen LogP contribution is 2.13. The molecule has 1 aliphatic heterocycles. The molecule has 2 N–H and O–H groups in total. The van der Waals surface area contributed by atoms with Crippen LogP contribution in [0.2, 0.25) is 0 Å². The quantitative estimate of drug-likeness (QED) is 0.716. The molecule has 2 amide bonds. The Bertz CT molecular complexity index is 505. The largest absolute Gasteiger partial charge is 0.481 e. The number of carboxylic acids is 1. The summed E-state index contributed by atoms with van der Waals surface area (Å²) in [6.07, 6.45) is 3.53. The third kappa shape index (κ3) is 2.84. The molecule has 1 aliphatic rings. The van der Waals surface area contributed by atoms with E-state index in [1.165, 1.54) is 23.6 Å². The molecule has 8 heteroatoms. The average Bonchev–Trinajstić information content (AvgIpc) is 2.41. The molecule has 100 valence electrons. The van der Waals surface area contributed by atoms with Crippen LogP contribution >= 0.6 is 0 Å². The molecule has 1 atom stereocenters. The zero-order chi connectivity index (χ0) is 13.8. The molecule has 0 bridgehead atoms. The number of hydrogen-bond donors (Lipinski definition) is 2. The molecule has 1 unspecified atom stereocenters. The fourth-order valence-corrected chi connectivity index (χ4v) is 1.90. The van der Waals surface area contributed by atoms with E-state index in [-0.39, 0.29) is 12.1 Å². The maximum absolute atomic E-state index is 12.2. The van der Waals surface area contributed by atoms with Gasteiger partial charge in [-0.1, -0.05) is 0 Å². The number of aliphatic carboxylic acids is 1. The minimum absolute atomic E-state index is 0.229. The van der Waals surface area contributed by atoms with E-state index in [0.717, 1.165) is 0 Å². The van der Waals surface area contributed by atoms with Crippen LogP contribution in [-0.4, -0.2) is 56.9 Å². The molecule has 1 saturated heterocycles. The summed E-state index contributed by atoms with van der Waals surface area (Å²) in [5.41, 5.74) is 0.229. The number of amides is 2. The number of nitrogens with one attached hydrogen (secondary N) is 1. The smallest absolute Gasteiger partial charge is 0.305 e.